The third-order valence-corrected chi connectivity index (χ3v) is 5.15. The molecule has 2 unspecified atom stereocenters. The Labute approximate surface area is 164 Å². The Kier molecular flexibility index (Phi) is 6.29. The van der Waals surface area contributed by atoms with Gasteiger partial charge in [0, 0.05) is 18.7 Å². The fraction of sp³-hybridized carbons (Fsp3) is 0.364. The largest absolute Gasteiger partial charge is 0.497 e. The van der Waals surface area contributed by atoms with E-state index in [1.54, 1.807) is 48.4 Å². The highest BCUT2D eigenvalue weighted by atomic mass is 19.1. The second kappa shape index (κ2) is 8.87. The van der Waals surface area contributed by atoms with Crippen molar-refractivity contribution in [3.8, 4) is 5.75 Å². The van der Waals surface area contributed by atoms with Gasteiger partial charge in [-0.3, -0.25) is 9.59 Å². The molecular formula is C22H25FN2O3. The molecule has 1 fully saturated rings. The Morgan fingerprint density at radius 1 is 1.18 bits per heavy atom. The quantitative estimate of drug-likeness (QED) is 0.820. The van der Waals surface area contributed by atoms with Gasteiger partial charge in [-0.15, -0.1) is 0 Å². The van der Waals surface area contributed by atoms with Crippen molar-refractivity contribution in [3.05, 3.63) is 59.9 Å². The molecule has 6 heteroatoms. The number of amides is 2. The molecule has 2 amide bonds. The molecular weight excluding hydrogens is 359 g/mol. The van der Waals surface area contributed by atoms with Crippen molar-refractivity contribution in [2.45, 2.75) is 38.1 Å². The highest BCUT2D eigenvalue weighted by Crippen LogP contribution is 2.25. The molecule has 28 heavy (non-hydrogen) atoms. The first-order valence-electron chi connectivity index (χ1n) is 9.48. The summed E-state index contributed by atoms with van der Waals surface area (Å²) >= 11 is 0. The van der Waals surface area contributed by atoms with Crippen LogP contribution in [-0.2, 0) is 9.59 Å². The van der Waals surface area contributed by atoms with Crippen molar-refractivity contribution < 1.29 is 18.7 Å². The Bertz CT molecular complexity index is 821. The first kappa shape index (κ1) is 19.9. The molecule has 148 valence electrons. The number of rotatable bonds is 6. The summed E-state index contributed by atoms with van der Waals surface area (Å²) in [6.07, 6.45) is 1.74. The van der Waals surface area contributed by atoms with Crippen LogP contribution >= 0.6 is 0 Å². The number of nitrogens with one attached hydrogen (secondary N) is 1. The van der Waals surface area contributed by atoms with Crippen molar-refractivity contribution in [2.75, 3.05) is 19.0 Å². The van der Waals surface area contributed by atoms with Crippen molar-refractivity contribution in [3.63, 3.8) is 0 Å². The molecule has 1 heterocycles. The molecule has 1 aliphatic heterocycles. The van der Waals surface area contributed by atoms with Gasteiger partial charge in [0.05, 0.1) is 7.11 Å². The van der Waals surface area contributed by atoms with E-state index in [0.717, 1.165) is 12.0 Å². The molecule has 0 radical (unpaired) electrons. The minimum atomic E-state index is -0.463. The van der Waals surface area contributed by atoms with Crippen LogP contribution in [0.3, 0.4) is 0 Å². The molecule has 0 spiro atoms. The summed E-state index contributed by atoms with van der Waals surface area (Å²) in [5, 5.41) is 2.88. The molecule has 5 nitrogen and oxygen atoms in total. The molecule has 2 aromatic rings. The van der Waals surface area contributed by atoms with E-state index in [0.29, 0.717) is 24.4 Å². The van der Waals surface area contributed by atoms with Gasteiger partial charge in [0.25, 0.3) is 0 Å². The molecule has 1 N–H and O–H groups in total. The number of ether oxygens (including phenoxy) is 1. The minimum absolute atomic E-state index is 0.0426. The summed E-state index contributed by atoms with van der Waals surface area (Å²) in [6.45, 7) is 2.52. The fourth-order valence-corrected chi connectivity index (χ4v) is 3.53. The molecule has 3 rings (SSSR count). The van der Waals surface area contributed by atoms with Crippen molar-refractivity contribution in [2.24, 2.45) is 0 Å². The van der Waals surface area contributed by atoms with E-state index in [9.17, 15) is 14.0 Å². The van der Waals surface area contributed by atoms with E-state index in [4.69, 9.17) is 4.74 Å². The summed E-state index contributed by atoms with van der Waals surface area (Å²) < 4.78 is 18.2. The third-order valence-electron chi connectivity index (χ3n) is 5.15. The summed E-state index contributed by atoms with van der Waals surface area (Å²) in [4.78, 5) is 27.2. The predicted molar refractivity (Wildman–Crippen MR) is 106 cm³/mol. The van der Waals surface area contributed by atoms with E-state index in [1.807, 2.05) is 6.92 Å². The monoisotopic (exact) mass is 384 g/mol. The molecule has 2 atom stereocenters. The maximum absolute atomic E-state index is 13.1. The van der Waals surface area contributed by atoms with Gasteiger partial charge in [0.2, 0.25) is 11.8 Å². The number of hydrogen-bond donors (Lipinski definition) is 1. The van der Waals surface area contributed by atoms with Crippen LogP contribution in [0.2, 0.25) is 0 Å². The maximum atomic E-state index is 13.1. The predicted octanol–water partition coefficient (Wildman–Crippen LogP) is 3.96. The lowest BCUT2D eigenvalue weighted by atomic mass is 9.97. The second-order valence-corrected chi connectivity index (χ2v) is 7.12. The van der Waals surface area contributed by atoms with Gasteiger partial charge >= 0.3 is 0 Å². The van der Waals surface area contributed by atoms with Crippen LogP contribution in [0.5, 0.6) is 5.75 Å². The number of halogens is 1. The molecule has 0 bridgehead atoms. The lowest BCUT2D eigenvalue weighted by molar-refractivity contribution is -0.136. The van der Waals surface area contributed by atoms with Crippen LogP contribution in [0.1, 0.15) is 37.7 Å². The lowest BCUT2D eigenvalue weighted by Gasteiger charge is -2.25. The fourth-order valence-electron chi connectivity index (χ4n) is 3.53. The van der Waals surface area contributed by atoms with Crippen LogP contribution in [0.4, 0.5) is 10.1 Å². The van der Waals surface area contributed by atoms with Crippen molar-refractivity contribution in [1.29, 1.82) is 0 Å². The first-order valence-corrected chi connectivity index (χ1v) is 9.48. The number of carbonyl (C=O) groups is 2. The van der Waals surface area contributed by atoms with Gasteiger partial charge in [-0.1, -0.05) is 19.1 Å². The summed E-state index contributed by atoms with van der Waals surface area (Å²) in [5.74, 6) is 0.149. The number of methoxy groups -OCH3 is 1. The molecule has 0 saturated carbocycles. The molecule has 2 aromatic carbocycles. The normalized spacial score (nSPS) is 17.2. The van der Waals surface area contributed by atoms with Crippen LogP contribution in [-0.4, -0.2) is 36.4 Å². The topological polar surface area (TPSA) is 58.6 Å². The number of nitrogens with zero attached hydrogens (tertiary/aromatic N) is 1. The Balaban J connectivity index is 1.61. The minimum Gasteiger partial charge on any atom is -0.497 e. The Morgan fingerprint density at radius 3 is 2.50 bits per heavy atom. The molecule has 1 aliphatic rings. The summed E-state index contributed by atoms with van der Waals surface area (Å²) in [6, 6.07) is 12.8. The zero-order valence-electron chi connectivity index (χ0n) is 16.2. The number of benzene rings is 2. The van der Waals surface area contributed by atoms with Crippen molar-refractivity contribution >= 4 is 17.5 Å². The zero-order chi connectivity index (χ0) is 20.1. The van der Waals surface area contributed by atoms with Gasteiger partial charge < -0.3 is 15.0 Å². The average molecular weight is 384 g/mol. The smallest absolute Gasteiger partial charge is 0.247 e. The first-order chi connectivity index (χ1) is 13.5. The van der Waals surface area contributed by atoms with Crippen LogP contribution in [0.15, 0.2) is 48.5 Å². The van der Waals surface area contributed by atoms with Gasteiger partial charge in [-0.05, 0) is 60.7 Å². The second-order valence-electron chi connectivity index (χ2n) is 7.12. The Morgan fingerprint density at radius 2 is 1.86 bits per heavy atom. The Hall–Kier alpha value is -2.89. The summed E-state index contributed by atoms with van der Waals surface area (Å²) in [7, 11) is 1.59. The SMILES string of the molecule is COc1ccc(NC(=O)C2CCCN2C(=O)CC(C)c2ccc(F)cc2)cc1. The van der Waals surface area contributed by atoms with Crippen LogP contribution in [0.25, 0.3) is 0 Å². The standard InChI is InChI=1S/C22H25FN2O3/c1-15(16-5-7-17(23)8-6-16)14-21(26)25-13-3-4-20(25)22(27)24-18-9-11-19(28-2)12-10-18/h5-12,15,20H,3-4,13-14H2,1-2H3,(H,24,27). The number of carbonyl (C=O) groups excluding carboxylic acids is 2. The van der Waals surface area contributed by atoms with E-state index in [2.05, 4.69) is 5.32 Å². The van der Waals surface area contributed by atoms with Gasteiger partial charge in [-0.25, -0.2) is 4.39 Å². The van der Waals surface area contributed by atoms with Gasteiger partial charge in [-0.2, -0.15) is 0 Å². The summed E-state index contributed by atoms with van der Waals surface area (Å²) in [5.41, 5.74) is 1.58. The van der Waals surface area contributed by atoms with E-state index in [1.165, 1.54) is 12.1 Å². The highest BCUT2D eigenvalue weighted by Gasteiger charge is 2.34. The van der Waals surface area contributed by atoms with E-state index >= 15 is 0 Å². The van der Waals surface area contributed by atoms with Crippen LogP contribution < -0.4 is 10.1 Å². The van der Waals surface area contributed by atoms with E-state index in [-0.39, 0.29) is 30.0 Å². The van der Waals surface area contributed by atoms with Crippen molar-refractivity contribution in [1.82, 2.24) is 4.90 Å². The van der Waals surface area contributed by atoms with Gasteiger partial charge in [0.1, 0.15) is 17.6 Å². The van der Waals surface area contributed by atoms with Crippen LogP contribution in [0, 0.1) is 5.82 Å². The maximum Gasteiger partial charge on any atom is 0.247 e. The molecule has 0 aliphatic carbocycles. The molecule has 0 aromatic heterocycles. The lowest BCUT2D eigenvalue weighted by Crippen LogP contribution is -2.43. The van der Waals surface area contributed by atoms with Gasteiger partial charge in [0.15, 0.2) is 0 Å². The highest BCUT2D eigenvalue weighted by molar-refractivity contribution is 5.97. The number of likely N-dealkylation sites (tertiary alicyclic amines) is 1. The zero-order valence-corrected chi connectivity index (χ0v) is 16.2. The third kappa shape index (κ3) is 4.68. The molecule has 1 saturated heterocycles. The van der Waals surface area contributed by atoms with E-state index < -0.39 is 6.04 Å². The number of hydrogen-bond acceptors (Lipinski definition) is 3. The number of anilines is 1. The average Bonchev–Trinajstić information content (AvgIpc) is 3.19.